The number of hydrogen-bond donors (Lipinski definition) is 0. The Morgan fingerprint density at radius 3 is 1.93 bits per heavy atom. The topological polar surface area (TPSA) is 16.8 Å². The van der Waals surface area contributed by atoms with Gasteiger partial charge in [-0.25, -0.2) is 4.98 Å². The first-order valence-corrected chi connectivity index (χ1v) is 10.7. The van der Waals surface area contributed by atoms with Crippen LogP contribution in [0.3, 0.4) is 0 Å². The largest absolute Gasteiger partial charge is 0.247 e. The summed E-state index contributed by atoms with van der Waals surface area (Å²) in [7, 11) is 2.22. The van der Waals surface area contributed by atoms with Crippen molar-refractivity contribution in [2.45, 2.75) is 32.6 Å². The lowest BCUT2D eigenvalue weighted by atomic mass is 9.64. The van der Waals surface area contributed by atoms with E-state index in [9.17, 15) is 0 Å². The summed E-state index contributed by atoms with van der Waals surface area (Å²) in [5.74, 6) is 0.457. The zero-order valence-electron chi connectivity index (χ0n) is 17.9. The zero-order chi connectivity index (χ0) is 20.6. The van der Waals surface area contributed by atoms with Crippen LogP contribution in [0.5, 0.6) is 0 Å². The average Bonchev–Trinajstić information content (AvgIpc) is 2.76. The molecule has 1 aromatic heterocycles. The quantitative estimate of drug-likeness (QED) is 0.340. The molecule has 0 atom stereocenters. The van der Waals surface area contributed by atoms with Crippen molar-refractivity contribution in [3.8, 4) is 11.3 Å². The molecular weight excluding hydrogens is 364 g/mol. The Labute approximate surface area is 177 Å². The predicted molar refractivity (Wildman–Crippen MR) is 120 cm³/mol. The Bertz CT molecular complexity index is 1300. The van der Waals surface area contributed by atoms with Crippen molar-refractivity contribution in [3.63, 3.8) is 0 Å². The second-order valence-electron chi connectivity index (χ2n) is 8.85. The minimum absolute atomic E-state index is 0.220. The number of nitrogens with zero attached hydrogens (tertiary/aromatic N) is 2. The standard InChI is InChI=1S/C28H25N2/c1-16-13-17(2)18(3)23(14-16)24-15-29-27-25-19-9-5-7-11-21(19)26(28(27)30(24)4)22-12-8-6-10-20(22)25/h5-15,25-26H,1-4H3/q+1. The van der Waals surface area contributed by atoms with E-state index in [0.29, 0.717) is 0 Å². The molecule has 7 rings (SSSR count). The molecule has 0 spiro atoms. The van der Waals surface area contributed by atoms with Gasteiger partial charge in [-0.1, -0.05) is 60.2 Å². The summed E-state index contributed by atoms with van der Waals surface area (Å²) in [5, 5.41) is 0. The Hall–Kier alpha value is -3.26. The second kappa shape index (κ2) is 6.12. The fraction of sp³-hybridized carbons (Fsp3) is 0.214. The van der Waals surface area contributed by atoms with Crippen LogP contribution < -0.4 is 4.57 Å². The van der Waals surface area contributed by atoms with Crippen molar-refractivity contribution in [1.29, 1.82) is 0 Å². The van der Waals surface area contributed by atoms with E-state index in [2.05, 4.69) is 99.2 Å². The van der Waals surface area contributed by atoms with Crippen LogP contribution in [0.4, 0.5) is 0 Å². The van der Waals surface area contributed by atoms with Crippen molar-refractivity contribution in [2.24, 2.45) is 7.05 Å². The molecule has 0 saturated heterocycles. The summed E-state index contributed by atoms with van der Waals surface area (Å²) >= 11 is 0. The van der Waals surface area contributed by atoms with Gasteiger partial charge < -0.3 is 0 Å². The van der Waals surface area contributed by atoms with E-state index in [0.717, 1.165) is 0 Å². The second-order valence-corrected chi connectivity index (χ2v) is 8.85. The van der Waals surface area contributed by atoms with Gasteiger partial charge in [0.05, 0.1) is 23.6 Å². The Balaban J connectivity index is 1.66. The highest BCUT2D eigenvalue weighted by molar-refractivity contribution is 5.67. The molecule has 3 aliphatic rings. The molecular formula is C28H25N2+. The maximum absolute atomic E-state index is 5.12. The normalized spacial score (nSPS) is 18.0. The Morgan fingerprint density at radius 2 is 1.33 bits per heavy atom. The molecule has 1 heterocycles. The SMILES string of the molecule is Cc1cc(C)c(C)c(-c2cnc3c([n+]2C)C2c4ccccc4C3c3ccccc32)c1. The highest BCUT2D eigenvalue weighted by Gasteiger charge is 2.47. The van der Waals surface area contributed by atoms with Crippen LogP contribution in [0.2, 0.25) is 0 Å². The third-order valence-corrected chi connectivity index (χ3v) is 7.18. The fourth-order valence-electron chi connectivity index (χ4n) is 5.70. The van der Waals surface area contributed by atoms with Gasteiger partial charge in [-0.05, 0) is 60.2 Å². The molecule has 2 heteroatoms. The van der Waals surface area contributed by atoms with Gasteiger partial charge in [-0.3, -0.25) is 0 Å². The van der Waals surface area contributed by atoms with Crippen LogP contribution in [0.15, 0.2) is 66.9 Å². The zero-order valence-corrected chi connectivity index (χ0v) is 17.9. The Morgan fingerprint density at radius 1 is 0.767 bits per heavy atom. The molecule has 0 aliphatic heterocycles. The van der Waals surface area contributed by atoms with Crippen molar-refractivity contribution >= 4 is 0 Å². The third kappa shape index (κ3) is 2.19. The minimum Gasteiger partial charge on any atom is -0.247 e. The summed E-state index contributed by atoms with van der Waals surface area (Å²) in [6.45, 7) is 6.60. The van der Waals surface area contributed by atoms with E-state index in [-0.39, 0.29) is 11.8 Å². The summed E-state index contributed by atoms with van der Waals surface area (Å²) < 4.78 is 2.41. The Kier molecular flexibility index (Phi) is 3.59. The molecule has 30 heavy (non-hydrogen) atoms. The molecule has 3 aliphatic carbocycles. The van der Waals surface area contributed by atoms with Crippen LogP contribution in [-0.4, -0.2) is 4.98 Å². The van der Waals surface area contributed by atoms with Crippen LogP contribution in [0.1, 0.15) is 62.2 Å². The fourth-order valence-corrected chi connectivity index (χ4v) is 5.70. The number of aromatic nitrogens is 2. The molecule has 0 radical (unpaired) electrons. The van der Waals surface area contributed by atoms with Gasteiger partial charge in [0.25, 0.3) is 0 Å². The average molecular weight is 390 g/mol. The van der Waals surface area contributed by atoms with Gasteiger partial charge in [0.15, 0.2) is 0 Å². The molecule has 0 amide bonds. The van der Waals surface area contributed by atoms with Gasteiger partial charge >= 0.3 is 0 Å². The molecule has 0 saturated carbocycles. The third-order valence-electron chi connectivity index (χ3n) is 7.18. The summed E-state index contributed by atoms with van der Waals surface area (Å²) in [5.41, 5.74) is 14.7. The molecule has 3 aromatic carbocycles. The lowest BCUT2D eigenvalue weighted by Gasteiger charge is -2.38. The molecule has 4 aromatic rings. The lowest BCUT2D eigenvalue weighted by Crippen LogP contribution is -2.45. The lowest BCUT2D eigenvalue weighted by molar-refractivity contribution is -0.670. The molecule has 2 bridgehead atoms. The highest BCUT2D eigenvalue weighted by Crippen LogP contribution is 2.54. The molecule has 2 nitrogen and oxygen atoms in total. The molecule has 0 N–H and O–H groups in total. The maximum atomic E-state index is 5.12. The summed E-state index contributed by atoms with van der Waals surface area (Å²) in [6.07, 6.45) is 2.09. The van der Waals surface area contributed by atoms with Crippen molar-refractivity contribution in [3.05, 3.63) is 117 Å². The van der Waals surface area contributed by atoms with E-state index in [1.165, 1.54) is 61.6 Å². The van der Waals surface area contributed by atoms with Crippen molar-refractivity contribution < 1.29 is 4.57 Å². The van der Waals surface area contributed by atoms with E-state index in [1.54, 1.807) is 0 Å². The van der Waals surface area contributed by atoms with Gasteiger partial charge in [0, 0.05) is 0 Å². The maximum Gasteiger partial charge on any atom is 0.231 e. The number of hydrogen-bond acceptors (Lipinski definition) is 1. The van der Waals surface area contributed by atoms with Crippen LogP contribution in [0, 0.1) is 20.8 Å². The van der Waals surface area contributed by atoms with Crippen molar-refractivity contribution in [1.82, 2.24) is 4.98 Å². The van der Waals surface area contributed by atoms with E-state index < -0.39 is 0 Å². The van der Waals surface area contributed by atoms with Gasteiger partial charge in [-0.2, -0.15) is 4.57 Å². The van der Waals surface area contributed by atoms with E-state index in [1.807, 2.05) is 0 Å². The monoisotopic (exact) mass is 389 g/mol. The first kappa shape index (κ1) is 17.6. The van der Waals surface area contributed by atoms with E-state index in [4.69, 9.17) is 4.98 Å². The van der Waals surface area contributed by atoms with Crippen LogP contribution in [-0.2, 0) is 7.05 Å². The smallest absolute Gasteiger partial charge is 0.231 e. The summed E-state index contributed by atoms with van der Waals surface area (Å²) in [4.78, 5) is 5.12. The predicted octanol–water partition coefficient (Wildman–Crippen LogP) is 5.49. The number of benzene rings is 3. The first-order chi connectivity index (χ1) is 14.6. The highest BCUT2D eigenvalue weighted by atomic mass is 15.0. The van der Waals surface area contributed by atoms with Gasteiger partial charge in [-0.15, -0.1) is 0 Å². The molecule has 0 fully saturated rings. The number of rotatable bonds is 1. The number of aryl methyl sites for hydroxylation is 2. The first-order valence-electron chi connectivity index (χ1n) is 10.7. The summed E-state index contributed by atoms with van der Waals surface area (Å²) in [6, 6.07) is 22.4. The van der Waals surface area contributed by atoms with Gasteiger partial charge in [0.1, 0.15) is 12.7 Å². The van der Waals surface area contributed by atoms with Gasteiger partial charge in [0.2, 0.25) is 11.4 Å². The minimum atomic E-state index is 0.220. The molecule has 0 unspecified atom stereocenters. The van der Waals surface area contributed by atoms with Crippen LogP contribution in [0.25, 0.3) is 11.3 Å². The van der Waals surface area contributed by atoms with Crippen molar-refractivity contribution in [2.75, 3.05) is 0 Å². The molecule has 146 valence electrons. The van der Waals surface area contributed by atoms with Crippen LogP contribution >= 0.6 is 0 Å². The van der Waals surface area contributed by atoms with E-state index >= 15 is 0 Å².